The van der Waals surface area contributed by atoms with Crippen molar-refractivity contribution in [2.24, 2.45) is 0 Å². The maximum Gasteiger partial charge on any atom is 0.269 e. The fourth-order valence-electron chi connectivity index (χ4n) is 2.10. The van der Waals surface area contributed by atoms with E-state index < -0.39 is 16.2 Å². The second-order valence-corrected chi connectivity index (χ2v) is 6.03. The molecule has 1 heterocycles. The number of nitro benzene ring substituents is 1. The number of carbonyl (C=O) groups is 1. The SMILES string of the molecule is COCCCNC1=C(C#N)C(=O)N[C@@H](c2cccc([N+](=O)[O-])c2)S1. The van der Waals surface area contributed by atoms with Gasteiger partial charge < -0.3 is 15.4 Å². The fraction of sp³-hybridized carbons (Fsp3) is 0.333. The van der Waals surface area contributed by atoms with Crippen LogP contribution >= 0.6 is 11.8 Å². The monoisotopic (exact) mass is 348 g/mol. The van der Waals surface area contributed by atoms with Crippen molar-refractivity contribution in [3.05, 3.63) is 50.5 Å². The Balaban J connectivity index is 2.19. The molecule has 1 aromatic carbocycles. The average Bonchev–Trinajstić information content (AvgIpc) is 2.58. The lowest BCUT2D eigenvalue weighted by Crippen LogP contribution is -2.35. The van der Waals surface area contributed by atoms with E-state index in [1.807, 2.05) is 6.07 Å². The van der Waals surface area contributed by atoms with Gasteiger partial charge in [0.25, 0.3) is 11.6 Å². The van der Waals surface area contributed by atoms with Crippen LogP contribution in [0.1, 0.15) is 17.4 Å². The highest BCUT2D eigenvalue weighted by atomic mass is 32.2. The molecule has 8 nitrogen and oxygen atoms in total. The van der Waals surface area contributed by atoms with Crippen LogP contribution in [0.25, 0.3) is 0 Å². The molecule has 0 aliphatic carbocycles. The van der Waals surface area contributed by atoms with Crippen molar-refractivity contribution in [2.75, 3.05) is 20.3 Å². The summed E-state index contributed by atoms with van der Waals surface area (Å²) < 4.78 is 4.96. The standard InChI is InChI=1S/C15H16N4O4S/c1-23-7-3-6-17-15-12(9-16)13(20)18-14(24-15)10-4-2-5-11(8-10)19(21)22/h2,4-5,8,14,17H,3,6-7H2,1H3,(H,18,20)/t14-/m1/s1. The van der Waals surface area contributed by atoms with Gasteiger partial charge >= 0.3 is 0 Å². The second kappa shape index (κ2) is 8.33. The van der Waals surface area contributed by atoms with E-state index >= 15 is 0 Å². The van der Waals surface area contributed by atoms with Gasteiger partial charge in [0.1, 0.15) is 17.0 Å². The Morgan fingerprint density at radius 2 is 2.33 bits per heavy atom. The summed E-state index contributed by atoms with van der Waals surface area (Å²) in [6, 6.07) is 7.96. The maximum atomic E-state index is 12.1. The topological polar surface area (TPSA) is 117 Å². The van der Waals surface area contributed by atoms with E-state index in [0.717, 1.165) is 6.42 Å². The molecule has 2 N–H and O–H groups in total. The molecule has 0 aromatic heterocycles. The number of thioether (sulfide) groups is 1. The zero-order valence-corrected chi connectivity index (χ0v) is 13.8. The molecule has 24 heavy (non-hydrogen) atoms. The molecule has 0 radical (unpaired) electrons. The number of methoxy groups -OCH3 is 1. The average molecular weight is 348 g/mol. The van der Waals surface area contributed by atoms with E-state index in [9.17, 15) is 20.2 Å². The molecule has 0 unspecified atom stereocenters. The highest BCUT2D eigenvalue weighted by molar-refractivity contribution is 8.03. The maximum absolute atomic E-state index is 12.1. The molecule has 1 aliphatic rings. The summed E-state index contributed by atoms with van der Waals surface area (Å²) in [5, 5.41) is 25.8. The van der Waals surface area contributed by atoms with Gasteiger partial charge in [0.2, 0.25) is 0 Å². The molecule has 126 valence electrons. The second-order valence-electron chi connectivity index (χ2n) is 4.91. The first-order valence-corrected chi connectivity index (χ1v) is 8.04. The van der Waals surface area contributed by atoms with Crippen LogP contribution in [0.5, 0.6) is 0 Å². The van der Waals surface area contributed by atoms with E-state index in [4.69, 9.17) is 4.74 Å². The van der Waals surface area contributed by atoms with E-state index in [2.05, 4.69) is 10.6 Å². The number of carbonyl (C=O) groups excluding carboxylic acids is 1. The fourth-order valence-corrected chi connectivity index (χ4v) is 3.23. The molecule has 0 bridgehead atoms. The van der Waals surface area contributed by atoms with Crippen LogP contribution in [-0.2, 0) is 9.53 Å². The summed E-state index contributed by atoms with van der Waals surface area (Å²) in [5.74, 6) is -0.498. The zero-order chi connectivity index (χ0) is 17.5. The number of non-ortho nitro benzene ring substituents is 1. The number of nitriles is 1. The molecule has 0 saturated heterocycles. The van der Waals surface area contributed by atoms with Gasteiger partial charge in [-0.1, -0.05) is 23.9 Å². The molecule has 1 amide bonds. The van der Waals surface area contributed by atoms with Gasteiger partial charge in [-0.2, -0.15) is 5.26 Å². The first kappa shape index (κ1) is 17.8. The highest BCUT2D eigenvalue weighted by Crippen LogP contribution is 2.37. The van der Waals surface area contributed by atoms with E-state index in [-0.39, 0.29) is 11.3 Å². The van der Waals surface area contributed by atoms with Crippen LogP contribution in [0.4, 0.5) is 5.69 Å². The summed E-state index contributed by atoms with van der Waals surface area (Å²) in [6.45, 7) is 1.11. The van der Waals surface area contributed by atoms with Crippen LogP contribution in [0.3, 0.4) is 0 Å². The molecule has 1 atom stereocenters. The lowest BCUT2D eigenvalue weighted by Gasteiger charge is -2.26. The largest absolute Gasteiger partial charge is 0.385 e. The van der Waals surface area contributed by atoms with Gasteiger partial charge in [0.15, 0.2) is 0 Å². The Bertz CT molecular complexity index is 714. The summed E-state index contributed by atoms with van der Waals surface area (Å²) in [4.78, 5) is 22.5. The minimum absolute atomic E-state index is 0.0131. The van der Waals surface area contributed by atoms with E-state index in [1.165, 1.54) is 23.9 Å². The minimum atomic E-state index is -0.501. The number of nitro groups is 1. The predicted octanol–water partition coefficient (Wildman–Crippen LogP) is 1.82. The smallest absolute Gasteiger partial charge is 0.269 e. The minimum Gasteiger partial charge on any atom is -0.385 e. The number of amides is 1. The van der Waals surface area contributed by atoms with E-state index in [1.54, 1.807) is 19.2 Å². The van der Waals surface area contributed by atoms with Gasteiger partial charge in [-0.05, 0) is 12.0 Å². The molecular weight excluding hydrogens is 332 g/mol. The third-order valence-corrected chi connectivity index (χ3v) is 4.47. The Morgan fingerprint density at radius 3 is 3.00 bits per heavy atom. The number of benzene rings is 1. The third-order valence-electron chi connectivity index (χ3n) is 3.26. The van der Waals surface area contributed by atoms with Crippen molar-refractivity contribution in [1.82, 2.24) is 10.6 Å². The van der Waals surface area contributed by atoms with Gasteiger partial charge in [0, 0.05) is 32.4 Å². The Labute approximate surface area is 143 Å². The first-order chi connectivity index (χ1) is 11.6. The molecule has 1 aliphatic heterocycles. The molecule has 0 spiro atoms. The van der Waals surface area contributed by atoms with Crippen molar-refractivity contribution >= 4 is 23.4 Å². The van der Waals surface area contributed by atoms with Crippen LogP contribution in [0.2, 0.25) is 0 Å². The molecule has 9 heteroatoms. The first-order valence-electron chi connectivity index (χ1n) is 7.16. The number of nitrogens with zero attached hydrogens (tertiary/aromatic N) is 2. The molecular formula is C15H16N4O4S. The van der Waals surface area contributed by atoms with Crippen molar-refractivity contribution < 1.29 is 14.5 Å². The van der Waals surface area contributed by atoms with E-state index in [0.29, 0.717) is 23.7 Å². The van der Waals surface area contributed by atoms with Gasteiger partial charge in [-0.15, -0.1) is 0 Å². The number of nitrogens with one attached hydrogen (secondary N) is 2. The van der Waals surface area contributed by atoms with Crippen LogP contribution in [0, 0.1) is 21.4 Å². The summed E-state index contributed by atoms with van der Waals surface area (Å²) in [7, 11) is 1.60. The zero-order valence-electron chi connectivity index (χ0n) is 12.9. The predicted molar refractivity (Wildman–Crippen MR) is 88.7 cm³/mol. The van der Waals surface area contributed by atoms with Gasteiger partial charge in [0.05, 0.1) is 9.95 Å². The lowest BCUT2D eigenvalue weighted by molar-refractivity contribution is -0.384. The van der Waals surface area contributed by atoms with Crippen LogP contribution in [-0.4, -0.2) is 31.1 Å². The van der Waals surface area contributed by atoms with Crippen molar-refractivity contribution in [3.63, 3.8) is 0 Å². The summed E-state index contributed by atoms with van der Waals surface area (Å²) >= 11 is 1.25. The van der Waals surface area contributed by atoms with Crippen LogP contribution in [0.15, 0.2) is 34.9 Å². The Morgan fingerprint density at radius 1 is 1.54 bits per heavy atom. The highest BCUT2D eigenvalue weighted by Gasteiger charge is 2.29. The Kier molecular flexibility index (Phi) is 6.17. The van der Waals surface area contributed by atoms with Crippen molar-refractivity contribution in [2.45, 2.75) is 11.8 Å². The Hall–Kier alpha value is -2.57. The van der Waals surface area contributed by atoms with Crippen LogP contribution < -0.4 is 10.6 Å². The normalized spacial score (nSPS) is 17.2. The van der Waals surface area contributed by atoms with Gasteiger partial charge in [-0.25, -0.2) is 0 Å². The number of hydrogen-bond donors (Lipinski definition) is 2. The number of hydrogen-bond acceptors (Lipinski definition) is 7. The quantitative estimate of drug-likeness (QED) is 0.438. The third kappa shape index (κ3) is 4.24. The number of rotatable bonds is 7. The molecule has 1 aromatic rings. The van der Waals surface area contributed by atoms with Crippen molar-refractivity contribution in [3.8, 4) is 6.07 Å². The summed E-state index contributed by atoms with van der Waals surface area (Å²) in [5.41, 5.74) is 0.557. The summed E-state index contributed by atoms with van der Waals surface area (Å²) in [6.07, 6.45) is 0.725. The van der Waals surface area contributed by atoms with Gasteiger partial charge in [-0.3, -0.25) is 14.9 Å². The molecule has 0 fully saturated rings. The number of ether oxygens (including phenoxy) is 1. The molecule has 0 saturated carbocycles. The molecule has 2 rings (SSSR count). The van der Waals surface area contributed by atoms with Crippen molar-refractivity contribution in [1.29, 1.82) is 5.26 Å². The lowest BCUT2D eigenvalue weighted by atomic mass is 10.2.